The summed E-state index contributed by atoms with van der Waals surface area (Å²) >= 11 is 0. The molecule has 1 fully saturated rings. The van der Waals surface area contributed by atoms with Crippen molar-refractivity contribution in [2.24, 2.45) is 0 Å². The van der Waals surface area contributed by atoms with Crippen molar-refractivity contribution in [3.05, 3.63) is 24.3 Å². The number of nitrogens with two attached hydrogens (primary N) is 1. The van der Waals surface area contributed by atoms with Crippen LogP contribution in [0.5, 0.6) is 5.75 Å². The van der Waals surface area contributed by atoms with Gasteiger partial charge < -0.3 is 20.5 Å². The van der Waals surface area contributed by atoms with Crippen LogP contribution in [-0.4, -0.2) is 41.2 Å². The number of carbonyl (C=O) groups is 1. The fourth-order valence-corrected chi connectivity index (χ4v) is 2.31. The molecule has 1 aliphatic heterocycles. The fourth-order valence-electron chi connectivity index (χ4n) is 2.31. The number of para-hydroxylation sites is 2. The van der Waals surface area contributed by atoms with E-state index in [4.69, 9.17) is 10.5 Å². The number of ether oxygens (including phenoxy) is 1. The Bertz CT molecular complexity index is 456. The molecule has 19 heavy (non-hydrogen) atoms. The molecule has 1 aromatic rings. The number of likely N-dealkylation sites (tertiary alicyclic amines) is 1. The molecule has 104 valence electrons. The van der Waals surface area contributed by atoms with Gasteiger partial charge in [0, 0.05) is 0 Å². The molecule has 0 saturated carbocycles. The minimum atomic E-state index is -0.698. The van der Waals surface area contributed by atoms with Crippen LogP contribution < -0.4 is 10.5 Å². The largest absolute Gasteiger partial charge is 0.482 e. The summed E-state index contributed by atoms with van der Waals surface area (Å²) in [7, 11) is 0. The third-order valence-corrected chi connectivity index (χ3v) is 3.31. The second kappa shape index (κ2) is 5.48. The normalized spacial score (nSPS) is 16.8. The van der Waals surface area contributed by atoms with Gasteiger partial charge in [-0.15, -0.1) is 0 Å². The van der Waals surface area contributed by atoms with E-state index in [2.05, 4.69) is 0 Å². The predicted molar refractivity (Wildman–Crippen MR) is 72.8 cm³/mol. The Labute approximate surface area is 113 Å². The number of anilines is 1. The molecule has 1 heterocycles. The first-order valence-corrected chi connectivity index (χ1v) is 6.51. The van der Waals surface area contributed by atoms with Crippen LogP contribution in [0.2, 0.25) is 0 Å². The monoisotopic (exact) mass is 264 g/mol. The van der Waals surface area contributed by atoms with Gasteiger partial charge in [0.05, 0.1) is 24.4 Å². The minimum Gasteiger partial charge on any atom is -0.482 e. The van der Waals surface area contributed by atoms with Gasteiger partial charge in [0.1, 0.15) is 5.75 Å². The zero-order chi connectivity index (χ0) is 13.9. The Kier molecular flexibility index (Phi) is 3.95. The molecular weight excluding hydrogens is 244 g/mol. The van der Waals surface area contributed by atoms with Crippen LogP contribution in [0.25, 0.3) is 0 Å². The zero-order valence-electron chi connectivity index (χ0n) is 11.1. The average molecular weight is 264 g/mol. The number of hydrogen-bond donors (Lipinski definition) is 2. The van der Waals surface area contributed by atoms with E-state index in [1.807, 2.05) is 13.0 Å². The summed E-state index contributed by atoms with van der Waals surface area (Å²) in [5.74, 6) is 0.393. The molecule has 0 radical (unpaired) electrons. The van der Waals surface area contributed by atoms with Gasteiger partial charge in [-0.25, -0.2) is 0 Å². The van der Waals surface area contributed by atoms with Gasteiger partial charge in [0.25, 0.3) is 5.91 Å². The Hall–Kier alpha value is -1.75. The summed E-state index contributed by atoms with van der Waals surface area (Å²) in [5, 5.41) is 10.0. The van der Waals surface area contributed by atoms with Crippen LogP contribution in [-0.2, 0) is 4.79 Å². The van der Waals surface area contributed by atoms with Gasteiger partial charge in [0.15, 0.2) is 6.61 Å². The number of nitrogens with zero attached hydrogens (tertiary/aromatic N) is 1. The summed E-state index contributed by atoms with van der Waals surface area (Å²) in [6.45, 7) is 2.76. The van der Waals surface area contributed by atoms with Crippen LogP contribution in [0.4, 0.5) is 5.69 Å². The van der Waals surface area contributed by atoms with Crippen LogP contribution in [0.3, 0.4) is 0 Å². The van der Waals surface area contributed by atoms with Crippen molar-refractivity contribution in [3.8, 4) is 5.75 Å². The van der Waals surface area contributed by atoms with Crippen molar-refractivity contribution in [2.45, 2.75) is 25.4 Å². The van der Waals surface area contributed by atoms with E-state index in [0.29, 0.717) is 24.5 Å². The van der Waals surface area contributed by atoms with Crippen molar-refractivity contribution in [2.75, 3.05) is 25.4 Å². The number of hydrogen-bond acceptors (Lipinski definition) is 4. The van der Waals surface area contributed by atoms with E-state index >= 15 is 0 Å². The highest BCUT2D eigenvalue weighted by atomic mass is 16.5. The molecule has 0 atom stereocenters. The lowest BCUT2D eigenvalue weighted by atomic mass is 9.89. The number of aliphatic hydroxyl groups is 1. The van der Waals surface area contributed by atoms with Gasteiger partial charge in [-0.1, -0.05) is 25.5 Å². The highest BCUT2D eigenvalue weighted by molar-refractivity contribution is 5.79. The van der Waals surface area contributed by atoms with E-state index in [1.54, 1.807) is 23.1 Å². The highest BCUT2D eigenvalue weighted by Crippen LogP contribution is 2.26. The quantitative estimate of drug-likeness (QED) is 0.779. The summed E-state index contributed by atoms with van der Waals surface area (Å²) in [4.78, 5) is 13.5. The van der Waals surface area contributed by atoms with Gasteiger partial charge in [0.2, 0.25) is 0 Å². The average Bonchev–Trinajstić information content (AvgIpc) is 2.35. The lowest BCUT2D eigenvalue weighted by Crippen LogP contribution is -2.64. The summed E-state index contributed by atoms with van der Waals surface area (Å²) in [6.07, 6.45) is 1.64. The molecule has 2 rings (SSSR count). The Balaban J connectivity index is 1.79. The summed E-state index contributed by atoms with van der Waals surface area (Å²) in [5.41, 5.74) is 5.54. The van der Waals surface area contributed by atoms with E-state index < -0.39 is 5.60 Å². The topological polar surface area (TPSA) is 75.8 Å². The van der Waals surface area contributed by atoms with Crippen molar-refractivity contribution in [1.29, 1.82) is 0 Å². The first-order valence-electron chi connectivity index (χ1n) is 6.51. The molecule has 0 unspecified atom stereocenters. The molecule has 0 aliphatic carbocycles. The van der Waals surface area contributed by atoms with Crippen molar-refractivity contribution >= 4 is 11.6 Å². The van der Waals surface area contributed by atoms with E-state index in [-0.39, 0.29) is 12.5 Å². The molecular formula is C14H20N2O3. The van der Waals surface area contributed by atoms with Gasteiger partial charge in [-0.05, 0) is 18.6 Å². The number of nitrogen functional groups attached to an aromatic ring is 1. The number of benzene rings is 1. The molecule has 1 saturated heterocycles. The number of amides is 1. The van der Waals surface area contributed by atoms with Crippen LogP contribution in [0.15, 0.2) is 24.3 Å². The predicted octanol–water partition coefficient (Wildman–Crippen LogP) is 1.02. The van der Waals surface area contributed by atoms with Crippen LogP contribution in [0, 0.1) is 0 Å². The Morgan fingerprint density at radius 3 is 2.79 bits per heavy atom. The Morgan fingerprint density at radius 2 is 2.16 bits per heavy atom. The lowest BCUT2D eigenvalue weighted by molar-refractivity contribution is -0.158. The van der Waals surface area contributed by atoms with Crippen molar-refractivity contribution in [1.82, 2.24) is 4.90 Å². The number of carbonyl (C=O) groups excluding carboxylic acids is 1. The molecule has 1 aliphatic rings. The molecule has 5 nitrogen and oxygen atoms in total. The summed E-state index contributed by atoms with van der Waals surface area (Å²) < 4.78 is 5.39. The minimum absolute atomic E-state index is 0.0452. The third kappa shape index (κ3) is 3.17. The number of rotatable bonds is 5. The summed E-state index contributed by atoms with van der Waals surface area (Å²) in [6, 6.07) is 7.07. The SMILES string of the molecule is CCCC1(O)CN(C(=O)COc2ccccc2N)C1. The van der Waals surface area contributed by atoms with Gasteiger partial charge >= 0.3 is 0 Å². The van der Waals surface area contributed by atoms with Crippen molar-refractivity contribution < 1.29 is 14.6 Å². The van der Waals surface area contributed by atoms with Gasteiger partial charge in [-0.2, -0.15) is 0 Å². The smallest absolute Gasteiger partial charge is 0.260 e. The van der Waals surface area contributed by atoms with E-state index in [9.17, 15) is 9.90 Å². The maximum atomic E-state index is 11.9. The zero-order valence-corrected chi connectivity index (χ0v) is 11.1. The van der Waals surface area contributed by atoms with E-state index in [1.165, 1.54) is 0 Å². The number of β-amino-alcohol motifs (C(OH)–C–C–N with tert-alkyl or cyclic N) is 1. The molecule has 0 bridgehead atoms. The highest BCUT2D eigenvalue weighted by Gasteiger charge is 2.42. The molecule has 1 amide bonds. The van der Waals surface area contributed by atoms with Crippen LogP contribution >= 0.6 is 0 Å². The van der Waals surface area contributed by atoms with E-state index in [0.717, 1.165) is 12.8 Å². The standard InChI is InChI=1S/C14H20N2O3/c1-2-7-14(18)9-16(10-14)13(17)8-19-12-6-4-3-5-11(12)15/h3-6,18H,2,7-10,15H2,1H3. The fraction of sp³-hybridized carbons (Fsp3) is 0.500. The maximum Gasteiger partial charge on any atom is 0.260 e. The van der Waals surface area contributed by atoms with Crippen LogP contribution in [0.1, 0.15) is 19.8 Å². The second-order valence-electron chi connectivity index (χ2n) is 5.05. The maximum absolute atomic E-state index is 11.9. The molecule has 0 aromatic heterocycles. The molecule has 3 N–H and O–H groups in total. The lowest BCUT2D eigenvalue weighted by Gasteiger charge is -2.46. The third-order valence-electron chi connectivity index (χ3n) is 3.31. The van der Waals surface area contributed by atoms with Gasteiger partial charge in [-0.3, -0.25) is 4.79 Å². The molecule has 5 heteroatoms. The Morgan fingerprint density at radius 1 is 1.47 bits per heavy atom. The molecule has 0 spiro atoms. The molecule has 1 aromatic carbocycles. The second-order valence-corrected chi connectivity index (χ2v) is 5.05. The first kappa shape index (κ1) is 13.7. The van der Waals surface area contributed by atoms with Crippen molar-refractivity contribution in [3.63, 3.8) is 0 Å². The first-order chi connectivity index (χ1) is 9.04.